The number of benzene rings is 2. The Bertz CT molecular complexity index is 1040. The molecule has 168 valence electrons. The molecule has 0 aliphatic heterocycles. The minimum absolute atomic E-state index is 0.0481. The smallest absolute Gasteiger partial charge is 0.387 e. The third kappa shape index (κ3) is 6.52. The lowest BCUT2D eigenvalue weighted by Gasteiger charge is -2.12. The van der Waals surface area contributed by atoms with E-state index in [0.717, 1.165) is 11.1 Å². The molecule has 2 amide bonds. The topological polar surface area (TPSA) is 76.7 Å². The summed E-state index contributed by atoms with van der Waals surface area (Å²) in [7, 11) is 1.37. The third-order valence-electron chi connectivity index (χ3n) is 4.56. The van der Waals surface area contributed by atoms with Gasteiger partial charge in [-0.1, -0.05) is 24.3 Å². The number of carbonyl (C=O) groups excluding carboxylic acids is 2. The van der Waals surface area contributed by atoms with Crippen LogP contribution in [0.5, 0.6) is 11.5 Å². The first-order valence-corrected chi connectivity index (χ1v) is 10.6. The Morgan fingerprint density at radius 3 is 2.38 bits per heavy atom. The van der Waals surface area contributed by atoms with Gasteiger partial charge in [0.05, 0.1) is 12.0 Å². The molecule has 0 aliphatic carbocycles. The fourth-order valence-electron chi connectivity index (χ4n) is 2.94. The maximum atomic E-state index is 12.5. The van der Waals surface area contributed by atoms with Crippen molar-refractivity contribution in [2.24, 2.45) is 0 Å². The van der Waals surface area contributed by atoms with Crippen LogP contribution in [0.2, 0.25) is 0 Å². The molecule has 0 fully saturated rings. The molecule has 3 aromatic rings. The Hall–Kier alpha value is -3.46. The molecule has 1 heterocycles. The molecule has 0 spiro atoms. The molecule has 2 aromatic carbocycles. The average Bonchev–Trinajstić information content (AvgIpc) is 3.33. The molecular weight excluding hydrogens is 438 g/mol. The number of rotatable bonds is 10. The van der Waals surface area contributed by atoms with Gasteiger partial charge in [-0.2, -0.15) is 8.78 Å². The van der Waals surface area contributed by atoms with E-state index in [1.807, 2.05) is 11.4 Å². The van der Waals surface area contributed by atoms with Crippen LogP contribution in [0.1, 0.15) is 31.2 Å². The van der Waals surface area contributed by atoms with Crippen LogP contribution in [0, 0.1) is 0 Å². The number of methoxy groups -OCH3 is 1. The Morgan fingerprint density at radius 2 is 1.72 bits per heavy atom. The summed E-state index contributed by atoms with van der Waals surface area (Å²) in [5, 5.41) is 7.47. The second kappa shape index (κ2) is 11.2. The highest BCUT2D eigenvalue weighted by atomic mass is 32.1. The molecule has 0 unspecified atom stereocenters. The fraction of sp³-hybridized carbons (Fsp3) is 0.217. The van der Waals surface area contributed by atoms with Gasteiger partial charge in [-0.05, 0) is 53.3 Å². The van der Waals surface area contributed by atoms with E-state index in [4.69, 9.17) is 4.74 Å². The van der Waals surface area contributed by atoms with E-state index in [1.165, 1.54) is 24.5 Å². The largest absolute Gasteiger partial charge is 0.493 e. The number of halogens is 2. The first-order chi connectivity index (χ1) is 15.5. The van der Waals surface area contributed by atoms with Gasteiger partial charge in [0, 0.05) is 18.7 Å². The summed E-state index contributed by atoms with van der Waals surface area (Å²) in [6.07, 6.45) is 0.433. The van der Waals surface area contributed by atoms with Crippen LogP contribution in [0.25, 0.3) is 0 Å². The number of hydrogen-bond donors (Lipinski definition) is 2. The second-order valence-corrected chi connectivity index (χ2v) is 7.67. The number of alkyl halides is 2. The highest BCUT2D eigenvalue weighted by Crippen LogP contribution is 2.29. The Balaban J connectivity index is 1.48. The van der Waals surface area contributed by atoms with Gasteiger partial charge in [0.15, 0.2) is 11.5 Å². The number of amides is 2. The second-order valence-electron chi connectivity index (χ2n) is 6.73. The van der Waals surface area contributed by atoms with Crippen molar-refractivity contribution in [3.63, 3.8) is 0 Å². The molecule has 0 atom stereocenters. The number of nitrogens with one attached hydrogen (secondary N) is 2. The summed E-state index contributed by atoms with van der Waals surface area (Å²) in [4.78, 5) is 25.0. The number of ether oxygens (including phenoxy) is 2. The van der Waals surface area contributed by atoms with Crippen LogP contribution in [-0.2, 0) is 13.0 Å². The van der Waals surface area contributed by atoms with Crippen molar-refractivity contribution in [3.8, 4) is 11.5 Å². The molecule has 32 heavy (non-hydrogen) atoms. The van der Waals surface area contributed by atoms with Crippen LogP contribution < -0.4 is 20.1 Å². The Morgan fingerprint density at radius 1 is 0.969 bits per heavy atom. The SMILES string of the molecule is COc1ccc(CCNC(=O)c2ccc(CNC(=O)c3cccs3)cc2)cc1OC(F)F. The van der Waals surface area contributed by atoms with Gasteiger partial charge in [-0.3, -0.25) is 9.59 Å². The molecule has 0 saturated carbocycles. The molecule has 6 nitrogen and oxygen atoms in total. The molecule has 0 radical (unpaired) electrons. The highest BCUT2D eigenvalue weighted by Gasteiger charge is 2.12. The molecule has 3 rings (SSSR count). The van der Waals surface area contributed by atoms with E-state index in [9.17, 15) is 18.4 Å². The van der Waals surface area contributed by atoms with E-state index >= 15 is 0 Å². The predicted molar refractivity (Wildman–Crippen MR) is 118 cm³/mol. The summed E-state index contributed by atoms with van der Waals surface area (Å²) < 4.78 is 34.6. The van der Waals surface area contributed by atoms with Crippen molar-refractivity contribution in [2.45, 2.75) is 19.6 Å². The van der Waals surface area contributed by atoms with Crippen molar-refractivity contribution in [1.29, 1.82) is 0 Å². The van der Waals surface area contributed by atoms with Crippen molar-refractivity contribution < 1.29 is 27.8 Å². The number of hydrogen-bond acceptors (Lipinski definition) is 5. The minimum Gasteiger partial charge on any atom is -0.493 e. The van der Waals surface area contributed by atoms with Gasteiger partial charge in [0.25, 0.3) is 11.8 Å². The molecule has 9 heteroatoms. The van der Waals surface area contributed by atoms with Crippen molar-refractivity contribution >= 4 is 23.2 Å². The van der Waals surface area contributed by atoms with Gasteiger partial charge < -0.3 is 20.1 Å². The quantitative estimate of drug-likeness (QED) is 0.474. The zero-order valence-electron chi connectivity index (χ0n) is 17.3. The lowest BCUT2D eigenvalue weighted by molar-refractivity contribution is -0.0512. The standard InChI is InChI=1S/C23H22F2N2O4S/c1-30-18-9-6-15(13-19(18)31-23(24)25)10-11-26-21(28)17-7-4-16(5-8-17)14-27-22(29)20-3-2-12-32-20/h2-9,12-13,23H,10-11,14H2,1H3,(H,26,28)(H,27,29). The van der Waals surface area contributed by atoms with Gasteiger partial charge in [0.1, 0.15) is 0 Å². The van der Waals surface area contributed by atoms with Crippen molar-refractivity contribution in [1.82, 2.24) is 10.6 Å². The van der Waals surface area contributed by atoms with E-state index < -0.39 is 6.61 Å². The van der Waals surface area contributed by atoms with Crippen LogP contribution in [0.15, 0.2) is 60.0 Å². The first kappa shape index (κ1) is 23.2. The molecule has 2 N–H and O–H groups in total. The maximum Gasteiger partial charge on any atom is 0.387 e. The average molecular weight is 461 g/mol. The zero-order valence-corrected chi connectivity index (χ0v) is 18.1. The van der Waals surface area contributed by atoms with E-state index in [1.54, 1.807) is 42.5 Å². The summed E-state index contributed by atoms with van der Waals surface area (Å²) >= 11 is 1.37. The van der Waals surface area contributed by atoms with Crippen LogP contribution in [0.3, 0.4) is 0 Å². The van der Waals surface area contributed by atoms with Gasteiger partial charge >= 0.3 is 6.61 Å². The number of thiophene rings is 1. The van der Waals surface area contributed by atoms with E-state index in [0.29, 0.717) is 30.0 Å². The molecule has 0 aliphatic rings. The van der Waals surface area contributed by atoms with Gasteiger partial charge in [0.2, 0.25) is 0 Å². The highest BCUT2D eigenvalue weighted by molar-refractivity contribution is 7.12. The van der Waals surface area contributed by atoms with Crippen molar-refractivity contribution in [3.05, 3.63) is 81.5 Å². The van der Waals surface area contributed by atoms with Crippen LogP contribution in [-0.4, -0.2) is 32.1 Å². The minimum atomic E-state index is -2.95. The summed E-state index contributed by atoms with van der Waals surface area (Å²) in [5.74, 6) is -0.225. The van der Waals surface area contributed by atoms with Crippen LogP contribution in [0.4, 0.5) is 8.78 Å². The fourth-order valence-corrected chi connectivity index (χ4v) is 3.58. The summed E-state index contributed by atoms with van der Waals surface area (Å²) in [6.45, 7) is -2.28. The maximum absolute atomic E-state index is 12.5. The normalized spacial score (nSPS) is 10.6. The number of carbonyl (C=O) groups is 2. The third-order valence-corrected chi connectivity index (χ3v) is 5.43. The summed E-state index contributed by atoms with van der Waals surface area (Å²) in [5.41, 5.74) is 2.07. The van der Waals surface area contributed by atoms with Crippen LogP contribution >= 0.6 is 11.3 Å². The lowest BCUT2D eigenvalue weighted by atomic mass is 10.1. The Kier molecular flexibility index (Phi) is 8.15. The Labute approximate surface area is 188 Å². The molecule has 0 saturated heterocycles. The van der Waals surface area contributed by atoms with E-state index in [2.05, 4.69) is 15.4 Å². The van der Waals surface area contributed by atoms with Gasteiger partial charge in [-0.25, -0.2) is 0 Å². The monoisotopic (exact) mass is 460 g/mol. The van der Waals surface area contributed by atoms with E-state index in [-0.39, 0.29) is 23.3 Å². The lowest BCUT2D eigenvalue weighted by Crippen LogP contribution is -2.26. The van der Waals surface area contributed by atoms with Crippen molar-refractivity contribution in [2.75, 3.05) is 13.7 Å². The molecule has 1 aromatic heterocycles. The predicted octanol–water partition coefficient (Wildman–Crippen LogP) is 4.26. The summed E-state index contributed by atoms with van der Waals surface area (Å²) in [6, 6.07) is 15.2. The van der Waals surface area contributed by atoms with Gasteiger partial charge in [-0.15, -0.1) is 11.3 Å². The molecule has 0 bridgehead atoms. The zero-order chi connectivity index (χ0) is 22.9. The first-order valence-electron chi connectivity index (χ1n) is 9.77. The molecular formula is C23H22F2N2O4S.